The molecule has 0 radical (unpaired) electrons. The zero-order chi connectivity index (χ0) is 17.2. The van der Waals surface area contributed by atoms with Crippen LogP contribution in [0.2, 0.25) is 0 Å². The zero-order valence-electron chi connectivity index (χ0n) is 12.9. The second-order valence-electron chi connectivity index (χ2n) is 5.15. The Morgan fingerprint density at radius 3 is 2.67 bits per heavy atom. The molecule has 0 aliphatic rings. The molecule has 0 atom stereocenters. The molecule has 3 N–H and O–H groups in total. The molecule has 0 bridgehead atoms. The second kappa shape index (κ2) is 6.52. The van der Waals surface area contributed by atoms with Crippen molar-refractivity contribution in [2.75, 3.05) is 7.11 Å². The molecule has 1 aromatic carbocycles. The summed E-state index contributed by atoms with van der Waals surface area (Å²) < 4.78 is 29.2. The molecular weight excluding hydrogens is 328 g/mol. The van der Waals surface area contributed by atoms with Crippen LogP contribution in [0.3, 0.4) is 0 Å². The standard InChI is InChI=1S/C16H16N4O3S/c1-23-13-4-5-15-14(6-7-18-16(15)8-13)11-2-3-12(19-9-11)10-20-24(17,21)22/h2-9,20H,10H2,1H3,(H2,17,21,22). The normalized spacial score (nSPS) is 11.6. The van der Waals surface area contributed by atoms with E-state index in [9.17, 15) is 8.42 Å². The van der Waals surface area contributed by atoms with E-state index in [0.29, 0.717) is 5.69 Å². The summed E-state index contributed by atoms with van der Waals surface area (Å²) in [6, 6.07) is 11.2. The molecule has 24 heavy (non-hydrogen) atoms. The lowest BCUT2D eigenvalue weighted by molar-refractivity contribution is 0.415. The highest BCUT2D eigenvalue weighted by Gasteiger charge is 2.07. The maximum Gasteiger partial charge on any atom is 0.274 e. The fourth-order valence-corrected chi connectivity index (χ4v) is 2.72. The Labute approximate surface area is 139 Å². The average Bonchev–Trinajstić information content (AvgIpc) is 2.59. The molecule has 2 heterocycles. The predicted octanol–water partition coefficient (Wildman–Crippen LogP) is 1.60. The predicted molar refractivity (Wildman–Crippen MR) is 91.5 cm³/mol. The van der Waals surface area contributed by atoms with E-state index in [1.54, 1.807) is 25.6 Å². The molecular formula is C16H16N4O3S. The number of fused-ring (bicyclic) bond motifs is 1. The molecule has 0 aliphatic heterocycles. The van der Waals surface area contributed by atoms with Gasteiger partial charge in [-0.05, 0) is 29.8 Å². The first kappa shape index (κ1) is 16.3. The van der Waals surface area contributed by atoms with Crippen molar-refractivity contribution < 1.29 is 13.2 Å². The number of pyridine rings is 2. The van der Waals surface area contributed by atoms with Gasteiger partial charge in [-0.2, -0.15) is 13.1 Å². The summed E-state index contributed by atoms with van der Waals surface area (Å²) in [5.74, 6) is 0.745. The number of nitrogens with two attached hydrogens (primary N) is 1. The van der Waals surface area contributed by atoms with E-state index in [-0.39, 0.29) is 6.54 Å². The Morgan fingerprint density at radius 1 is 1.17 bits per heavy atom. The van der Waals surface area contributed by atoms with E-state index < -0.39 is 10.2 Å². The van der Waals surface area contributed by atoms with Crippen LogP contribution in [-0.2, 0) is 16.8 Å². The van der Waals surface area contributed by atoms with E-state index in [1.807, 2.05) is 30.3 Å². The van der Waals surface area contributed by atoms with Crippen LogP contribution in [0.1, 0.15) is 5.69 Å². The number of nitrogens with zero attached hydrogens (tertiary/aromatic N) is 2. The molecule has 0 unspecified atom stereocenters. The Balaban J connectivity index is 1.93. The van der Waals surface area contributed by atoms with Crippen molar-refractivity contribution in [1.29, 1.82) is 0 Å². The maximum atomic E-state index is 10.9. The first-order valence-electron chi connectivity index (χ1n) is 7.12. The molecule has 0 spiro atoms. The third-order valence-electron chi connectivity index (χ3n) is 3.54. The smallest absolute Gasteiger partial charge is 0.274 e. The van der Waals surface area contributed by atoms with Crippen LogP contribution in [0, 0.1) is 0 Å². The molecule has 3 aromatic rings. The molecule has 7 nitrogen and oxygen atoms in total. The molecule has 3 rings (SSSR count). The summed E-state index contributed by atoms with van der Waals surface area (Å²) >= 11 is 0. The van der Waals surface area contributed by atoms with E-state index >= 15 is 0 Å². The molecule has 2 aromatic heterocycles. The Bertz CT molecular complexity index is 972. The Kier molecular flexibility index (Phi) is 4.43. The number of ether oxygens (including phenoxy) is 1. The van der Waals surface area contributed by atoms with Crippen molar-refractivity contribution in [2.24, 2.45) is 5.14 Å². The fourth-order valence-electron chi connectivity index (χ4n) is 2.37. The first-order chi connectivity index (χ1) is 11.5. The highest BCUT2D eigenvalue weighted by atomic mass is 32.2. The number of rotatable bonds is 5. The van der Waals surface area contributed by atoms with Gasteiger partial charge in [-0.15, -0.1) is 0 Å². The van der Waals surface area contributed by atoms with Gasteiger partial charge in [0.1, 0.15) is 5.75 Å². The number of aromatic nitrogens is 2. The molecule has 0 aliphatic carbocycles. The summed E-state index contributed by atoms with van der Waals surface area (Å²) in [6.07, 6.45) is 3.42. The maximum absolute atomic E-state index is 10.9. The van der Waals surface area contributed by atoms with Crippen molar-refractivity contribution in [3.63, 3.8) is 0 Å². The minimum Gasteiger partial charge on any atom is -0.497 e. The van der Waals surface area contributed by atoms with E-state index in [0.717, 1.165) is 27.8 Å². The SMILES string of the molecule is COc1ccc2c(-c3ccc(CNS(N)(=O)=O)nc3)ccnc2c1. The number of hydrogen-bond acceptors (Lipinski definition) is 5. The fraction of sp³-hybridized carbons (Fsp3) is 0.125. The van der Waals surface area contributed by atoms with Crippen LogP contribution in [0.5, 0.6) is 5.75 Å². The molecule has 124 valence electrons. The lowest BCUT2D eigenvalue weighted by atomic mass is 10.0. The van der Waals surface area contributed by atoms with Gasteiger partial charge in [0.15, 0.2) is 0 Å². The summed E-state index contributed by atoms with van der Waals surface area (Å²) in [5.41, 5.74) is 3.30. The number of hydrogen-bond donors (Lipinski definition) is 2. The zero-order valence-corrected chi connectivity index (χ0v) is 13.7. The lowest BCUT2D eigenvalue weighted by Gasteiger charge is -2.08. The average molecular weight is 344 g/mol. The highest BCUT2D eigenvalue weighted by Crippen LogP contribution is 2.29. The van der Waals surface area contributed by atoms with E-state index in [4.69, 9.17) is 9.88 Å². The molecule has 0 fully saturated rings. The molecule has 8 heteroatoms. The number of benzene rings is 1. The van der Waals surface area contributed by atoms with Crippen LogP contribution in [0.15, 0.2) is 48.8 Å². The lowest BCUT2D eigenvalue weighted by Crippen LogP contribution is -2.30. The van der Waals surface area contributed by atoms with Gasteiger partial charge in [0.2, 0.25) is 0 Å². The minimum atomic E-state index is -3.73. The monoisotopic (exact) mass is 344 g/mol. The molecule has 0 amide bonds. The summed E-state index contributed by atoms with van der Waals surface area (Å²) in [6.45, 7) is 0.0490. The van der Waals surface area contributed by atoms with E-state index in [2.05, 4.69) is 14.7 Å². The Hall–Kier alpha value is -2.55. The van der Waals surface area contributed by atoms with Crippen LogP contribution in [-0.4, -0.2) is 25.5 Å². The van der Waals surface area contributed by atoms with Crippen molar-refractivity contribution >= 4 is 21.1 Å². The van der Waals surface area contributed by atoms with Crippen molar-refractivity contribution in [2.45, 2.75) is 6.54 Å². The minimum absolute atomic E-state index is 0.0490. The highest BCUT2D eigenvalue weighted by molar-refractivity contribution is 7.87. The van der Waals surface area contributed by atoms with E-state index in [1.165, 1.54) is 0 Å². The van der Waals surface area contributed by atoms with Crippen molar-refractivity contribution in [3.05, 3.63) is 54.5 Å². The van der Waals surface area contributed by atoms with Crippen LogP contribution in [0.4, 0.5) is 0 Å². The first-order valence-corrected chi connectivity index (χ1v) is 8.66. The van der Waals surface area contributed by atoms with Crippen LogP contribution >= 0.6 is 0 Å². The summed E-state index contributed by atoms with van der Waals surface area (Å²) in [7, 11) is -2.12. The van der Waals surface area contributed by atoms with Gasteiger partial charge in [-0.1, -0.05) is 6.07 Å². The van der Waals surface area contributed by atoms with Crippen molar-refractivity contribution in [1.82, 2.24) is 14.7 Å². The van der Waals surface area contributed by atoms with Gasteiger partial charge >= 0.3 is 0 Å². The molecule has 0 saturated heterocycles. The summed E-state index contributed by atoms with van der Waals surface area (Å²) in [5, 5.41) is 5.89. The van der Waals surface area contributed by atoms with Gasteiger partial charge in [0, 0.05) is 29.4 Å². The van der Waals surface area contributed by atoms with Gasteiger partial charge in [0.05, 0.1) is 24.9 Å². The van der Waals surface area contributed by atoms with Gasteiger partial charge in [-0.25, -0.2) is 5.14 Å². The second-order valence-corrected chi connectivity index (χ2v) is 6.52. The van der Waals surface area contributed by atoms with Gasteiger partial charge in [-0.3, -0.25) is 9.97 Å². The third kappa shape index (κ3) is 3.67. The van der Waals surface area contributed by atoms with Crippen LogP contribution in [0.25, 0.3) is 22.0 Å². The number of methoxy groups -OCH3 is 1. The Morgan fingerprint density at radius 2 is 2.00 bits per heavy atom. The van der Waals surface area contributed by atoms with Gasteiger partial charge in [0.25, 0.3) is 10.2 Å². The van der Waals surface area contributed by atoms with Crippen molar-refractivity contribution in [3.8, 4) is 16.9 Å². The van der Waals surface area contributed by atoms with Crippen LogP contribution < -0.4 is 14.6 Å². The third-order valence-corrected chi connectivity index (χ3v) is 4.09. The summed E-state index contributed by atoms with van der Waals surface area (Å²) in [4.78, 5) is 8.63. The van der Waals surface area contributed by atoms with Gasteiger partial charge < -0.3 is 4.74 Å². The topological polar surface area (TPSA) is 107 Å². The number of nitrogens with one attached hydrogen (secondary N) is 1. The molecule has 0 saturated carbocycles. The quantitative estimate of drug-likeness (QED) is 0.731. The largest absolute Gasteiger partial charge is 0.497 e.